The van der Waals surface area contributed by atoms with Crippen LogP contribution < -0.4 is 10.0 Å². The van der Waals surface area contributed by atoms with Crippen molar-refractivity contribution in [3.05, 3.63) is 23.5 Å². The minimum Gasteiger partial charge on any atom is -0.384 e. The molecule has 0 aliphatic heterocycles. The Balaban J connectivity index is 2.26. The van der Waals surface area contributed by atoms with Gasteiger partial charge >= 0.3 is 0 Å². The minimum absolute atomic E-state index is 0.103. The van der Waals surface area contributed by atoms with E-state index in [1.807, 2.05) is 13.8 Å². The van der Waals surface area contributed by atoms with Crippen molar-refractivity contribution in [1.29, 1.82) is 0 Å². The molecule has 0 saturated heterocycles. The maximum atomic E-state index is 12.4. The number of hydrogen-bond donors (Lipinski definition) is 2. The first kappa shape index (κ1) is 15.6. The van der Waals surface area contributed by atoms with Gasteiger partial charge in [-0.15, -0.1) is 10.2 Å². The van der Waals surface area contributed by atoms with E-state index in [2.05, 4.69) is 25.2 Å². The summed E-state index contributed by atoms with van der Waals surface area (Å²) in [5.74, 6) is 0. The summed E-state index contributed by atoms with van der Waals surface area (Å²) in [4.78, 5) is 3.99. The topological polar surface area (TPSA) is 96.9 Å². The Morgan fingerprint density at radius 2 is 2.10 bits per heavy atom. The van der Waals surface area contributed by atoms with Gasteiger partial charge in [0.2, 0.25) is 5.13 Å². The van der Waals surface area contributed by atoms with Gasteiger partial charge in [-0.2, -0.15) is 0 Å². The summed E-state index contributed by atoms with van der Waals surface area (Å²) in [5, 5.41) is 11.8. The highest BCUT2D eigenvalue weighted by Crippen LogP contribution is 2.24. The predicted octanol–water partition coefficient (Wildman–Crippen LogP) is 2.12. The lowest BCUT2D eigenvalue weighted by atomic mass is 10.4. The van der Waals surface area contributed by atoms with Crippen molar-refractivity contribution in [2.24, 2.45) is 0 Å². The van der Waals surface area contributed by atoms with E-state index in [9.17, 15) is 8.42 Å². The zero-order chi connectivity index (χ0) is 15.3. The standard InChI is InChI=1S/C12H17N5O2S2/c1-3-6-14-9-5-7-13-8-10(9)21(18,19)17-12-16-15-11(4-2)20-12/h5,7-8H,3-4,6H2,1-2H3,(H,13,14)(H,16,17). The lowest BCUT2D eigenvalue weighted by Crippen LogP contribution is -2.16. The Morgan fingerprint density at radius 1 is 1.29 bits per heavy atom. The van der Waals surface area contributed by atoms with E-state index >= 15 is 0 Å². The Labute approximate surface area is 127 Å². The fraction of sp³-hybridized carbons (Fsp3) is 0.417. The molecule has 2 aromatic heterocycles. The molecule has 0 spiro atoms. The average molecular weight is 327 g/mol. The average Bonchev–Trinajstić information content (AvgIpc) is 2.92. The summed E-state index contributed by atoms with van der Waals surface area (Å²) in [7, 11) is -3.74. The summed E-state index contributed by atoms with van der Waals surface area (Å²) in [6.07, 6.45) is 4.49. The van der Waals surface area contributed by atoms with Gasteiger partial charge in [-0.25, -0.2) is 8.42 Å². The van der Waals surface area contributed by atoms with Crippen LogP contribution in [0.5, 0.6) is 0 Å². The molecule has 0 saturated carbocycles. The first-order valence-corrected chi connectivity index (χ1v) is 8.90. The molecule has 114 valence electrons. The van der Waals surface area contributed by atoms with Crippen molar-refractivity contribution in [3.8, 4) is 0 Å². The zero-order valence-corrected chi connectivity index (χ0v) is 13.5. The maximum absolute atomic E-state index is 12.4. The molecule has 2 aromatic rings. The van der Waals surface area contributed by atoms with Crippen LogP contribution in [0.3, 0.4) is 0 Å². The molecular weight excluding hydrogens is 310 g/mol. The fourth-order valence-electron chi connectivity index (χ4n) is 1.61. The van der Waals surface area contributed by atoms with Crippen molar-refractivity contribution < 1.29 is 8.42 Å². The number of pyridine rings is 1. The number of nitrogens with one attached hydrogen (secondary N) is 2. The molecule has 0 bridgehead atoms. The second-order valence-corrected chi connectivity index (χ2v) is 6.97. The number of nitrogens with zero attached hydrogens (tertiary/aromatic N) is 3. The lowest BCUT2D eigenvalue weighted by molar-refractivity contribution is 0.601. The molecule has 2 heterocycles. The molecule has 9 heteroatoms. The molecule has 2 N–H and O–H groups in total. The number of rotatable bonds is 7. The van der Waals surface area contributed by atoms with Crippen LogP contribution in [0.15, 0.2) is 23.4 Å². The van der Waals surface area contributed by atoms with Gasteiger partial charge in [0.25, 0.3) is 10.0 Å². The first-order valence-electron chi connectivity index (χ1n) is 6.60. The molecule has 0 radical (unpaired) electrons. The van der Waals surface area contributed by atoms with Crippen molar-refractivity contribution in [2.75, 3.05) is 16.6 Å². The Hall–Kier alpha value is -1.74. The molecular formula is C12H17N5O2S2. The summed E-state index contributed by atoms with van der Waals surface area (Å²) in [5.41, 5.74) is 0.527. The van der Waals surface area contributed by atoms with E-state index in [1.165, 1.54) is 17.5 Å². The molecule has 0 aliphatic rings. The fourth-order valence-corrected chi connectivity index (χ4v) is 3.64. The van der Waals surface area contributed by atoms with Crippen molar-refractivity contribution in [1.82, 2.24) is 15.2 Å². The number of aryl methyl sites for hydroxylation is 1. The highest BCUT2D eigenvalue weighted by atomic mass is 32.2. The number of hydrogen-bond acceptors (Lipinski definition) is 7. The molecule has 7 nitrogen and oxygen atoms in total. The Kier molecular flexibility index (Phi) is 5.07. The van der Waals surface area contributed by atoms with Crippen LogP contribution >= 0.6 is 11.3 Å². The van der Waals surface area contributed by atoms with Crippen molar-refractivity contribution in [3.63, 3.8) is 0 Å². The number of sulfonamides is 1. The van der Waals surface area contributed by atoms with Gasteiger partial charge in [-0.3, -0.25) is 9.71 Å². The van der Waals surface area contributed by atoms with Crippen LogP contribution in [0.2, 0.25) is 0 Å². The van der Waals surface area contributed by atoms with E-state index < -0.39 is 10.0 Å². The van der Waals surface area contributed by atoms with Crippen molar-refractivity contribution in [2.45, 2.75) is 31.6 Å². The summed E-state index contributed by atoms with van der Waals surface area (Å²) >= 11 is 1.22. The molecule has 0 amide bonds. The van der Waals surface area contributed by atoms with Crippen LogP contribution in [0, 0.1) is 0 Å². The second kappa shape index (κ2) is 6.81. The predicted molar refractivity (Wildman–Crippen MR) is 83.1 cm³/mol. The smallest absolute Gasteiger partial charge is 0.267 e. The largest absolute Gasteiger partial charge is 0.384 e. The van der Waals surface area contributed by atoms with Gasteiger partial charge in [0.05, 0.1) is 5.69 Å². The summed E-state index contributed by atoms with van der Waals surface area (Å²) < 4.78 is 27.3. The quantitative estimate of drug-likeness (QED) is 0.808. The number of aromatic nitrogens is 3. The van der Waals surface area contributed by atoms with Gasteiger partial charge in [0.1, 0.15) is 9.90 Å². The van der Waals surface area contributed by atoms with Crippen LogP contribution in [-0.4, -0.2) is 30.1 Å². The molecule has 21 heavy (non-hydrogen) atoms. The molecule has 0 aromatic carbocycles. The first-order chi connectivity index (χ1) is 10.1. The SMILES string of the molecule is CCCNc1ccncc1S(=O)(=O)Nc1nnc(CC)s1. The van der Waals surface area contributed by atoms with Crippen LogP contribution in [-0.2, 0) is 16.4 Å². The highest BCUT2D eigenvalue weighted by molar-refractivity contribution is 7.93. The van der Waals surface area contributed by atoms with Gasteiger partial charge < -0.3 is 5.32 Å². The third-order valence-corrected chi connectivity index (χ3v) is 5.11. The maximum Gasteiger partial charge on any atom is 0.267 e. The van der Waals surface area contributed by atoms with Gasteiger partial charge in [-0.05, 0) is 18.9 Å². The Morgan fingerprint density at radius 3 is 2.76 bits per heavy atom. The third kappa shape index (κ3) is 3.88. The molecule has 0 unspecified atom stereocenters. The van der Waals surface area contributed by atoms with Crippen LogP contribution in [0.25, 0.3) is 0 Å². The summed E-state index contributed by atoms with van der Waals surface area (Å²) in [6, 6.07) is 1.64. The van der Waals surface area contributed by atoms with Crippen molar-refractivity contribution >= 4 is 32.2 Å². The molecule has 0 fully saturated rings. The second-order valence-electron chi connectivity index (χ2n) is 4.26. The van der Waals surface area contributed by atoms with Gasteiger partial charge in [-0.1, -0.05) is 25.2 Å². The zero-order valence-electron chi connectivity index (χ0n) is 11.8. The van der Waals surface area contributed by atoms with Crippen LogP contribution in [0.1, 0.15) is 25.3 Å². The summed E-state index contributed by atoms with van der Waals surface area (Å²) in [6.45, 7) is 4.63. The third-order valence-electron chi connectivity index (χ3n) is 2.63. The van der Waals surface area contributed by atoms with E-state index in [1.54, 1.807) is 12.3 Å². The van der Waals surface area contributed by atoms with Gasteiger partial charge in [0, 0.05) is 18.9 Å². The van der Waals surface area contributed by atoms with Crippen LogP contribution in [0.4, 0.5) is 10.8 Å². The van der Waals surface area contributed by atoms with E-state index in [0.717, 1.165) is 17.8 Å². The highest BCUT2D eigenvalue weighted by Gasteiger charge is 2.20. The van der Waals surface area contributed by atoms with E-state index in [4.69, 9.17) is 0 Å². The molecule has 0 atom stereocenters. The van der Waals surface area contributed by atoms with E-state index in [0.29, 0.717) is 12.2 Å². The monoisotopic (exact) mass is 327 g/mol. The minimum atomic E-state index is -3.74. The normalized spacial score (nSPS) is 11.3. The molecule has 0 aliphatic carbocycles. The molecule has 2 rings (SSSR count). The van der Waals surface area contributed by atoms with E-state index in [-0.39, 0.29) is 10.0 Å². The lowest BCUT2D eigenvalue weighted by Gasteiger charge is -2.11. The van der Waals surface area contributed by atoms with Gasteiger partial charge in [0.15, 0.2) is 0 Å². The Bertz CT molecular complexity index is 699. The number of anilines is 2.